The highest BCUT2D eigenvalue weighted by atomic mass is 16.5. The summed E-state index contributed by atoms with van der Waals surface area (Å²) in [5, 5.41) is 18.1. The van der Waals surface area contributed by atoms with Gasteiger partial charge < -0.3 is 15.6 Å². The molecule has 6 heteroatoms. The summed E-state index contributed by atoms with van der Waals surface area (Å²) < 4.78 is 6.65. The van der Waals surface area contributed by atoms with E-state index in [-0.39, 0.29) is 6.61 Å². The molecule has 3 N–H and O–H groups in total. The van der Waals surface area contributed by atoms with Crippen molar-refractivity contribution in [2.45, 2.75) is 24.9 Å². The van der Waals surface area contributed by atoms with Crippen LogP contribution in [0.25, 0.3) is 0 Å². The summed E-state index contributed by atoms with van der Waals surface area (Å²) in [7, 11) is 3.37. The fourth-order valence-electron chi connectivity index (χ4n) is 1.72. The van der Waals surface area contributed by atoms with Crippen molar-refractivity contribution in [1.29, 1.82) is 0 Å². The van der Waals surface area contributed by atoms with Gasteiger partial charge in [-0.2, -0.15) is 0 Å². The molecule has 0 saturated carbocycles. The van der Waals surface area contributed by atoms with Gasteiger partial charge in [0.25, 0.3) is 0 Å². The summed E-state index contributed by atoms with van der Waals surface area (Å²) in [5.74, 6) is 0. The first-order valence-electron chi connectivity index (χ1n) is 5.36. The standard InChI is InChI=1S/C10H20N4O2/c1-14-7-9(12-13-14)6-10(15,8-16-2)4-3-5-11/h7,15H,3-6,8,11H2,1-2H3. The highest BCUT2D eigenvalue weighted by molar-refractivity contribution is 4.99. The van der Waals surface area contributed by atoms with Gasteiger partial charge >= 0.3 is 0 Å². The van der Waals surface area contributed by atoms with Crippen molar-refractivity contribution in [3.8, 4) is 0 Å². The Kier molecular flexibility index (Phi) is 4.85. The molecule has 0 radical (unpaired) electrons. The Labute approximate surface area is 95.4 Å². The van der Waals surface area contributed by atoms with Crippen LogP contribution in [0.1, 0.15) is 18.5 Å². The number of aryl methyl sites for hydroxylation is 1. The summed E-state index contributed by atoms with van der Waals surface area (Å²) in [4.78, 5) is 0. The lowest BCUT2D eigenvalue weighted by atomic mass is 9.93. The fraction of sp³-hybridized carbons (Fsp3) is 0.800. The third-order valence-electron chi connectivity index (χ3n) is 2.42. The van der Waals surface area contributed by atoms with Crippen molar-refractivity contribution in [3.63, 3.8) is 0 Å². The van der Waals surface area contributed by atoms with Crippen LogP contribution in [0.2, 0.25) is 0 Å². The van der Waals surface area contributed by atoms with E-state index in [2.05, 4.69) is 10.3 Å². The van der Waals surface area contributed by atoms with E-state index >= 15 is 0 Å². The number of hydrogen-bond acceptors (Lipinski definition) is 5. The van der Waals surface area contributed by atoms with Gasteiger partial charge in [-0.15, -0.1) is 5.10 Å². The summed E-state index contributed by atoms with van der Waals surface area (Å²) in [6.45, 7) is 0.843. The van der Waals surface area contributed by atoms with E-state index in [1.54, 1.807) is 25.0 Å². The minimum Gasteiger partial charge on any atom is -0.387 e. The van der Waals surface area contributed by atoms with E-state index < -0.39 is 5.60 Å². The van der Waals surface area contributed by atoms with Crippen molar-refractivity contribution in [2.24, 2.45) is 12.8 Å². The number of hydrogen-bond donors (Lipinski definition) is 2. The molecule has 0 aliphatic rings. The van der Waals surface area contributed by atoms with Gasteiger partial charge in [-0.25, -0.2) is 0 Å². The largest absolute Gasteiger partial charge is 0.387 e. The maximum atomic E-state index is 10.3. The molecule has 0 amide bonds. The second kappa shape index (κ2) is 5.93. The Bertz CT molecular complexity index is 316. The van der Waals surface area contributed by atoms with Gasteiger partial charge in [0.1, 0.15) is 0 Å². The molecular formula is C10H20N4O2. The van der Waals surface area contributed by atoms with Gasteiger partial charge in [0.05, 0.1) is 17.9 Å². The average Bonchev–Trinajstić information content (AvgIpc) is 2.61. The Morgan fingerprint density at radius 2 is 2.38 bits per heavy atom. The Hall–Kier alpha value is -0.980. The van der Waals surface area contributed by atoms with E-state index in [0.717, 1.165) is 12.1 Å². The molecule has 1 heterocycles. The molecule has 92 valence electrons. The lowest BCUT2D eigenvalue weighted by molar-refractivity contribution is -0.0381. The van der Waals surface area contributed by atoms with Crippen LogP contribution in [-0.4, -0.2) is 46.0 Å². The lowest BCUT2D eigenvalue weighted by Gasteiger charge is -2.26. The second-order valence-corrected chi connectivity index (χ2v) is 4.11. The van der Waals surface area contributed by atoms with Crippen molar-refractivity contribution >= 4 is 0 Å². The van der Waals surface area contributed by atoms with Gasteiger partial charge in [0, 0.05) is 26.8 Å². The Morgan fingerprint density at radius 3 is 2.88 bits per heavy atom. The fourth-order valence-corrected chi connectivity index (χ4v) is 1.72. The third kappa shape index (κ3) is 3.88. The molecular weight excluding hydrogens is 208 g/mol. The topological polar surface area (TPSA) is 86.2 Å². The first-order chi connectivity index (χ1) is 7.59. The minimum absolute atomic E-state index is 0.281. The number of methoxy groups -OCH3 is 1. The molecule has 0 fully saturated rings. The Morgan fingerprint density at radius 1 is 1.62 bits per heavy atom. The van der Waals surface area contributed by atoms with Crippen LogP contribution < -0.4 is 5.73 Å². The van der Waals surface area contributed by atoms with Crippen molar-refractivity contribution in [2.75, 3.05) is 20.3 Å². The van der Waals surface area contributed by atoms with E-state index in [9.17, 15) is 5.11 Å². The summed E-state index contributed by atoms with van der Waals surface area (Å²) in [5.41, 5.74) is 5.31. The van der Waals surface area contributed by atoms with Crippen molar-refractivity contribution in [3.05, 3.63) is 11.9 Å². The molecule has 1 unspecified atom stereocenters. The van der Waals surface area contributed by atoms with Gasteiger partial charge in [0.15, 0.2) is 0 Å². The maximum Gasteiger partial charge on any atom is 0.0936 e. The van der Waals surface area contributed by atoms with Gasteiger partial charge in [-0.05, 0) is 19.4 Å². The lowest BCUT2D eigenvalue weighted by Crippen LogP contribution is -2.37. The highest BCUT2D eigenvalue weighted by Crippen LogP contribution is 2.18. The number of aliphatic hydroxyl groups is 1. The summed E-state index contributed by atoms with van der Waals surface area (Å²) >= 11 is 0. The molecule has 1 rings (SSSR count). The van der Waals surface area contributed by atoms with E-state index in [0.29, 0.717) is 19.4 Å². The molecule has 16 heavy (non-hydrogen) atoms. The van der Waals surface area contributed by atoms with Gasteiger partial charge in [-0.3, -0.25) is 4.68 Å². The van der Waals surface area contributed by atoms with Crippen molar-refractivity contribution < 1.29 is 9.84 Å². The van der Waals surface area contributed by atoms with E-state index in [1.807, 2.05) is 0 Å². The third-order valence-corrected chi connectivity index (χ3v) is 2.42. The molecule has 0 aliphatic carbocycles. The van der Waals surface area contributed by atoms with Crippen LogP contribution in [0.5, 0.6) is 0 Å². The molecule has 1 aromatic heterocycles. The van der Waals surface area contributed by atoms with Gasteiger partial charge in [-0.1, -0.05) is 5.21 Å². The molecule has 0 spiro atoms. The average molecular weight is 228 g/mol. The normalized spacial score (nSPS) is 15.0. The zero-order valence-electron chi connectivity index (χ0n) is 9.89. The van der Waals surface area contributed by atoms with Crippen LogP contribution >= 0.6 is 0 Å². The van der Waals surface area contributed by atoms with Crippen molar-refractivity contribution in [1.82, 2.24) is 15.0 Å². The summed E-state index contributed by atoms with van der Waals surface area (Å²) in [6.07, 6.45) is 3.60. The van der Waals surface area contributed by atoms with E-state index in [4.69, 9.17) is 10.5 Å². The smallest absolute Gasteiger partial charge is 0.0936 e. The quantitative estimate of drug-likeness (QED) is 0.655. The molecule has 1 aromatic rings. The number of aromatic nitrogens is 3. The number of nitrogens with zero attached hydrogens (tertiary/aromatic N) is 3. The van der Waals surface area contributed by atoms with Crippen LogP contribution in [0, 0.1) is 0 Å². The number of nitrogens with two attached hydrogens (primary N) is 1. The molecule has 6 nitrogen and oxygen atoms in total. The molecule has 0 saturated heterocycles. The second-order valence-electron chi connectivity index (χ2n) is 4.11. The molecule has 1 atom stereocenters. The Balaban J connectivity index is 2.62. The first-order valence-corrected chi connectivity index (χ1v) is 5.36. The molecule has 0 aliphatic heterocycles. The van der Waals surface area contributed by atoms with Crippen LogP contribution in [0.4, 0.5) is 0 Å². The molecule has 0 bridgehead atoms. The minimum atomic E-state index is -0.899. The molecule has 0 aromatic carbocycles. The predicted octanol–water partition coefficient (Wildman–Crippen LogP) is -0.526. The monoisotopic (exact) mass is 228 g/mol. The highest BCUT2D eigenvalue weighted by Gasteiger charge is 2.27. The number of rotatable bonds is 7. The predicted molar refractivity (Wildman–Crippen MR) is 59.8 cm³/mol. The first kappa shape index (κ1) is 13.1. The zero-order valence-corrected chi connectivity index (χ0v) is 9.89. The van der Waals surface area contributed by atoms with Crippen LogP contribution in [0.3, 0.4) is 0 Å². The maximum absolute atomic E-state index is 10.3. The SMILES string of the molecule is COCC(O)(CCCN)Cc1cn(C)nn1. The summed E-state index contributed by atoms with van der Waals surface area (Å²) in [6, 6.07) is 0. The number of ether oxygens (including phenoxy) is 1. The zero-order chi connectivity index (χ0) is 12.0. The van der Waals surface area contributed by atoms with Crippen LogP contribution in [0.15, 0.2) is 6.20 Å². The van der Waals surface area contributed by atoms with E-state index in [1.165, 1.54) is 0 Å². The van der Waals surface area contributed by atoms with Gasteiger partial charge in [0.2, 0.25) is 0 Å². The van der Waals surface area contributed by atoms with Crippen LogP contribution in [-0.2, 0) is 18.2 Å².